The molecule has 0 radical (unpaired) electrons. The molecule has 0 amide bonds. The molecule has 0 aliphatic rings. The zero-order chi connectivity index (χ0) is 17.2. The van der Waals surface area contributed by atoms with Gasteiger partial charge in [0, 0.05) is 6.07 Å². The summed E-state index contributed by atoms with van der Waals surface area (Å²) >= 11 is 3.55. The van der Waals surface area contributed by atoms with Crippen LogP contribution in [0, 0.1) is 0 Å². The van der Waals surface area contributed by atoms with E-state index in [0.717, 1.165) is 32.4 Å². The van der Waals surface area contributed by atoms with Crippen molar-refractivity contribution >= 4 is 27.0 Å². The topological polar surface area (TPSA) is 35.3 Å². The van der Waals surface area contributed by atoms with Gasteiger partial charge in [0.15, 0.2) is 5.58 Å². The van der Waals surface area contributed by atoms with Crippen LogP contribution in [0.1, 0.15) is 22.9 Å². The maximum Gasteiger partial charge on any atom is 0.207 e. The average molecular weight is 394 g/mol. The largest absolute Gasteiger partial charge is 0.497 e. The molecule has 1 aromatic heterocycles. The van der Waals surface area contributed by atoms with Crippen molar-refractivity contribution in [1.29, 1.82) is 0 Å². The van der Waals surface area contributed by atoms with Crippen molar-refractivity contribution in [3.63, 3.8) is 0 Å². The van der Waals surface area contributed by atoms with Crippen LogP contribution in [0.2, 0.25) is 0 Å². The first-order chi connectivity index (χ1) is 12.3. The van der Waals surface area contributed by atoms with Crippen molar-refractivity contribution in [2.45, 2.75) is 5.92 Å². The van der Waals surface area contributed by atoms with Crippen LogP contribution in [0.4, 0.5) is 0 Å². The standard InChI is InChI=1S/C21H16BrNO2/c1-24-16-12-17(22)20-18(13-16)23-21(25-20)19(14-8-4-2-5-9-14)15-10-6-3-7-11-15/h2-13,19H,1H3. The Hall–Kier alpha value is -2.59. The minimum absolute atomic E-state index is 0.0623. The van der Waals surface area contributed by atoms with Crippen molar-refractivity contribution in [2.75, 3.05) is 7.11 Å². The van der Waals surface area contributed by atoms with Crippen LogP contribution in [0.15, 0.2) is 81.7 Å². The van der Waals surface area contributed by atoms with Crippen LogP contribution in [-0.4, -0.2) is 12.1 Å². The quantitative estimate of drug-likeness (QED) is 0.440. The SMILES string of the molecule is COc1cc(Br)c2oc(C(c3ccccc3)c3ccccc3)nc2c1. The zero-order valence-electron chi connectivity index (χ0n) is 13.6. The molecule has 4 heteroatoms. The summed E-state index contributed by atoms with van der Waals surface area (Å²) < 4.78 is 12.3. The van der Waals surface area contributed by atoms with E-state index in [1.807, 2.05) is 48.5 Å². The number of benzene rings is 3. The lowest BCUT2D eigenvalue weighted by molar-refractivity contribution is 0.415. The highest BCUT2D eigenvalue weighted by Gasteiger charge is 2.23. The fraction of sp³-hybridized carbons (Fsp3) is 0.0952. The fourth-order valence-corrected chi connectivity index (χ4v) is 3.50. The first-order valence-corrected chi connectivity index (χ1v) is 8.79. The molecule has 124 valence electrons. The Morgan fingerprint density at radius 1 is 0.920 bits per heavy atom. The number of halogens is 1. The average Bonchev–Trinajstić information content (AvgIpc) is 3.08. The van der Waals surface area contributed by atoms with Gasteiger partial charge in [-0.15, -0.1) is 0 Å². The van der Waals surface area contributed by atoms with Crippen LogP contribution in [0.5, 0.6) is 5.75 Å². The maximum absolute atomic E-state index is 6.16. The van der Waals surface area contributed by atoms with Crippen molar-refractivity contribution in [3.05, 3.63) is 94.3 Å². The highest BCUT2D eigenvalue weighted by molar-refractivity contribution is 9.10. The van der Waals surface area contributed by atoms with Gasteiger partial charge in [0.05, 0.1) is 17.5 Å². The molecule has 0 aliphatic carbocycles. The van der Waals surface area contributed by atoms with Crippen LogP contribution >= 0.6 is 15.9 Å². The number of ether oxygens (including phenoxy) is 1. The first kappa shape index (κ1) is 15.9. The van der Waals surface area contributed by atoms with E-state index in [9.17, 15) is 0 Å². The second kappa shape index (κ2) is 6.73. The minimum atomic E-state index is -0.0623. The number of hydrogen-bond donors (Lipinski definition) is 0. The number of fused-ring (bicyclic) bond motifs is 1. The number of rotatable bonds is 4. The van der Waals surface area contributed by atoms with Gasteiger partial charge < -0.3 is 9.15 Å². The minimum Gasteiger partial charge on any atom is -0.497 e. The Labute approximate surface area is 154 Å². The molecule has 25 heavy (non-hydrogen) atoms. The van der Waals surface area contributed by atoms with Gasteiger partial charge in [0.2, 0.25) is 5.89 Å². The third-order valence-corrected chi connectivity index (χ3v) is 4.77. The van der Waals surface area contributed by atoms with Crippen LogP contribution in [-0.2, 0) is 0 Å². The normalized spacial score (nSPS) is 11.2. The monoisotopic (exact) mass is 393 g/mol. The summed E-state index contributed by atoms with van der Waals surface area (Å²) in [5, 5.41) is 0. The van der Waals surface area contributed by atoms with E-state index >= 15 is 0 Å². The Kier molecular flexibility index (Phi) is 4.28. The lowest BCUT2D eigenvalue weighted by Gasteiger charge is -2.14. The molecule has 0 bridgehead atoms. The molecule has 3 aromatic carbocycles. The molecular formula is C21H16BrNO2. The summed E-state index contributed by atoms with van der Waals surface area (Å²) in [5.41, 5.74) is 3.79. The number of methoxy groups -OCH3 is 1. The summed E-state index contributed by atoms with van der Waals surface area (Å²) in [6, 6.07) is 24.3. The molecule has 0 saturated carbocycles. The van der Waals surface area contributed by atoms with E-state index in [-0.39, 0.29) is 5.92 Å². The van der Waals surface area contributed by atoms with Gasteiger partial charge >= 0.3 is 0 Å². The molecule has 3 nitrogen and oxygen atoms in total. The van der Waals surface area contributed by atoms with Crippen LogP contribution in [0.3, 0.4) is 0 Å². The second-order valence-corrected chi connectivity index (χ2v) is 6.62. The van der Waals surface area contributed by atoms with Gasteiger partial charge in [-0.1, -0.05) is 60.7 Å². The molecular weight excluding hydrogens is 378 g/mol. The molecule has 0 N–H and O–H groups in total. The summed E-state index contributed by atoms with van der Waals surface area (Å²) in [6.07, 6.45) is 0. The van der Waals surface area contributed by atoms with E-state index in [2.05, 4.69) is 40.2 Å². The Morgan fingerprint density at radius 2 is 1.52 bits per heavy atom. The number of nitrogens with zero attached hydrogens (tertiary/aromatic N) is 1. The first-order valence-electron chi connectivity index (χ1n) is 8.00. The van der Waals surface area contributed by atoms with Crippen LogP contribution in [0.25, 0.3) is 11.1 Å². The van der Waals surface area contributed by atoms with E-state index in [0.29, 0.717) is 5.89 Å². The van der Waals surface area contributed by atoms with Crippen molar-refractivity contribution in [1.82, 2.24) is 4.98 Å². The summed E-state index contributed by atoms with van der Waals surface area (Å²) in [6.45, 7) is 0. The predicted molar refractivity (Wildman–Crippen MR) is 102 cm³/mol. The highest BCUT2D eigenvalue weighted by atomic mass is 79.9. The summed E-state index contributed by atoms with van der Waals surface area (Å²) in [5.74, 6) is 1.35. The van der Waals surface area contributed by atoms with Gasteiger partial charge in [-0.05, 0) is 33.1 Å². The van der Waals surface area contributed by atoms with Crippen LogP contribution < -0.4 is 4.74 Å². The summed E-state index contributed by atoms with van der Waals surface area (Å²) in [7, 11) is 1.64. The second-order valence-electron chi connectivity index (χ2n) is 5.76. The molecule has 0 spiro atoms. The maximum atomic E-state index is 6.16. The smallest absolute Gasteiger partial charge is 0.207 e. The highest BCUT2D eigenvalue weighted by Crippen LogP contribution is 2.36. The van der Waals surface area contributed by atoms with E-state index in [1.54, 1.807) is 7.11 Å². The molecule has 4 aromatic rings. The van der Waals surface area contributed by atoms with E-state index in [1.165, 1.54) is 0 Å². The van der Waals surface area contributed by atoms with Gasteiger partial charge in [0.25, 0.3) is 0 Å². The Morgan fingerprint density at radius 3 is 2.08 bits per heavy atom. The number of hydrogen-bond acceptors (Lipinski definition) is 3. The Bertz CT molecular complexity index is 957. The van der Waals surface area contributed by atoms with Gasteiger partial charge in [-0.25, -0.2) is 4.98 Å². The van der Waals surface area contributed by atoms with Crippen molar-refractivity contribution < 1.29 is 9.15 Å². The molecule has 0 fully saturated rings. The van der Waals surface area contributed by atoms with E-state index in [4.69, 9.17) is 14.1 Å². The number of oxazole rings is 1. The van der Waals surface area contributed by atoms with Crippen molar-refractivity contribution in [3.8, 4) is 5.75 Å². The molecule has 0 atom stereocenters. The molecule has 1 heterocycles. The third kappa shape index (κ3) is 3.05. The van der Waals surface area contributed by atoms with Crippen molar-refractivity contribution in [2.24, 2.45) is 0 Å². The lowest BCUT2D eigenvalue weighted by Crippen LogP contribution is -2.03. The zero-order valence-corrected chi connectivity index (χ0v) is 15.2. The Balaban J connectivity index is 1.91. The van der Waals surface area contributed by atoms with Gasteiger partial charge in [-0.3, -0.25) is 0 Å². The van der Waals surface area contributed by atoms with Gasteiger partial charge in [-0.2, -0.15) is 0 Å². The lowest BCUT2D eigenvalue weighted by atomic mass is 9.91. The summed E-state index contributed by atoms with van der Waals surface area (Å²) in [4.78, 5) is 4.76. The molecule has 0 saturated heterocycles. The predicted octanol–water partition coefficient (Wildman–Crippen LogP) is 5.78. The molecule has 0 aliphatic heterocycles. The number of aromatic nitrogens is 1. The molecule has 0 unspecified atom stereocenters. The molecule has 4 rings (SSSR count). The van der Waals surface area contributed by atoms with E-state index < -0.39 is 0 Å². The fourth-order valence-electron chi connectivity index (χ4n) is 2.99. The van der Waals surface area contributed by atoms with Gasteiger partial charge in [0.1, 0.15) is 11.3 Å². The third-order valence-electron chi connectivity index (χ3n) is 4.18.